The fourth-order valence-corrected chi connectivity index (χ4v) is 2.84. The van der Waals surface area contributed by atoms with Crippen molar-refractivity contribution in [2.24, 2.45) is 11.8 Å². The molecule has 108 valence electrons. The second kappa shape index (κ2) is 5.88. The van der Waals surface area contributed by atoms with Crippen LogP contribution in [-0.2, 0) is 10.0 Å². The third-order valence-corrected chi connectivity index (χ3v) is 4.69. The average molecular weight is 288 g/mol. The number of halogens is 1. The highest BCUT2D eigenvalue weighted by atomic mass is 32.2. The number of nitrogens with one attached hydrogen (secondary N) is 1. The van der Waals surface area contributed by atoms with E-state index in [9.17, 15) is 12.8 Å². The summed E-state index contributed by atoms with van der Waals surface area (Å²) in [4.78, 5) is -0.388. The predicted octanol–water partition coefficient (Wildman–Crippen LogP) is 2.29. The van der Waals surface area contributed by atoms with E-state index in [-0.39, 0.29) is 28.6 Å². The Bertz CT molecular complexity index is 556. The summed E-state index contributed by atoms with van der Waals surface area (Å²) >= 11 is 0. The third-order valence-electron chi connectivity index (χ3n) is 3.27. The number of sulfonamides is 1. The van der Waals surface area contributed by atoms with Gasteiger partial charge in [-0.1, -0.05) is 20.8 Å². The topological polar surface area (TPSA) is 72.2 Å². The molecule has 1 rings (SSSR count). The first-order valence-corrected chi connectivity index (χ1v) is 7.68. The highest BCUT2D eigenvalue weighted by Crippen LogP contribution is 2.21. The zero-order valence-electron chi connectivity index (χ0n) is 11.7. The van der Waals surface area contributed by atoms with Gasteiger partial charge in [0.05, 0.1) is 0 Å². The molecule has 0 amide bonds. The Morgan fingerprint density at radius 3 is 2.42 bits per heavy atom. The molecule has 1 aromatic carbocycles. The number of benzene rings is 1. The SMILES string of the molecule is Cc1cc(N)cc(S(=O)(=O)NCC(C)C(C)C)c1F. The van der Waals surface area contributed by atoms with Crippen molar-refractivity contribution in [1.29, 1.82) is 0 Å². The van der Waals surface area contributed by atoms with Crippen molar-refractivity contribution in [3.63, 3.8) is 0 Å². The maximum absolute atomic E-state index is 13.9. The fourth-order valence-electron chi connectivity index (χ4n) is 1.51. The molecule has 6 heteroatoms. The first-order valence-electron chi connectivity index (χ1n) is 6.20. The zero-order valence-corrected chi connectivity index (χ0v) is 12.5. The molecular weight excluding hydrogens is 267 g/mol. The molecule has 0 bridgehead atoms. The van der Waals surface area contributed by atoms with E-state index in [0.717, 1.165) is 6.07 Å². The molecule has 0 aliphatic heterocycles. The highest BCUT2D eigenvalue weighted by Gasteiger charge is 2.22. The van der Waals surface area contributed by atoms with Gasteiger partial charge in [-0.15, -0.1) is 0 Å². The Hall–Kier alpha value is -1.14. The molecule has 0 spiro atoms. The summed E-state index contributed by atoms with van der Waals surface area (Å²) in [5.74, 6) is -0.242. The van der Waals surface area contributed by atoms with E-state index >= 15 is 0 Å². The quantitative estimate of drug-likeness (QED) is 0.817. The van der Waals surface area contributed by atoms with Crippen LogP contribution in [0.25, 0.3) is 0 Å². The minimum atomic E-state index is -3.87. The number of hydrogen-bond donors (Lipinski definition) is 2. The van der Waals surface area contributed by atoms with Crippen LogP contribution in [-0.4, -0.2) is 15.0 Å². The first kappa shape index (κ1) is 15.9. The van der Waals surface area contributed by atoms with Gasteiger partial charge in [-0.3, -0.25) is 0 Å². The molecule has 0 aliphatic rings. The van der Waals surface area contributed by atoms with Crippen LogP contribution < -0.4 is 10.5 Å². The Balaban J connectivity index is 3.01. The maximum Gasteiger partial charge on any atom is 0.243 e. The van der Waals surface area contributed by atoms with Gasteiger partial charge < -0.3 is 5.73 Å². The van der Waals surface area contributed by atoms with E-state index in [1.54, 1.807) is 0 Å². The minimum Gasteiger partial charge on any atom is -0.399 e. The molecule has 0 saturated heterocycles. The van der Waals surface area contributed by atoms with Gasteiger partial charge in [-0.05, 0) is 36.5 Å². The molecule has 0 saturated carbocycles. The summed E-state index contributed by atoms with van der Waals surface area (Å²) in [6, 6.07) is 2.55. The van der Waals surface area contributed by atoms with Gasteiger partial charge in [0.25, 0.3) is 0 Å². The van der Waals surface area contributed by atoms with Crippen LogP contribution in [0.2, 0.25) is 0 Å². The summed E-state index contributed by atoms with van der Waals surface area (Å²) in [7, 11) is -3.87. The van der Waals surface area contributed by atoms with Crippen molar-refractivity contribution in [2.45, 2.75) is 32.6 Å². The van der Waals surface area contributed by atoms with Crippen LogP contribution in [0.5, 0.6) is 0 Å². The summed E-state index contributed by atoms with van der Waals surface area (Å²) in [6.07, 6.45) is 0. The van der Waals surface area contributed by atoms with Crippen molar-refractivity contribution < 1.29 is 12.8 Å². The van der Waals surface area contributed by atoms with Crippen LogP contribution in [0, 0.1) is 24.6 Å². The lowest BCUT2D eigenvalue weighted by molar-refractivity contribution is 0.414. The van der Waals surface area contributed by atoms with E-state index < -0.39 is 15.8 Å². The van der Waals surface area contributed by atoms with Crippen molar-refractivity contribution >= 4 is 15.7 Å². The van der Waals surface area contributed by atoms with Gasteiger partial charge >= 0.3 is 0 Å². The molecule has 0 aliphatic carbocycles. The normalized spacial score (nSPS) is 13.8. The molecule has 0 fully saturated rings. The number of hydrogen-bond acceptors (Lipinski definition) is 3. The van der Waals surface area contributed by atoms with Gasteiger partial charge in [0.1, 0.15) is 10.7 Å². The van der Waals surface area contributed by atoms with Crippen molar-refractivity contribution in [1.82, 2.24) is 4.72 Å². The molecule has 1 atom stereocenters. The van der Waals surface area contributed by atoms with Crippen molar-refractivity contribution in [2.75, 3.05) is 12.3 Å². The Kier molecular flexibility index (Phi) is 4.92. The standard InChI is InChI=1S/C13H21FN2O2S/c1-8(2)10(4)7-16-19(17,18)12-6-11(15)5-9(3)13(12)14/h5-6,8,10,16H,7,15H2,1-4H3. The first-order chi connectivity index (χ1) is 8.65. The zero-order chi connectivity index (χ0) is 14.8. The van der Waals surface area contributed by atoms with E-state index in [2.05, 4.69) is 4.72 Å². The number of aryl methyl sites for hydroxylation is 1. The molecule has 0 heterocycles. The lowest BCUT2D eigenvalue weighted by atomic mass is 9.99. The summed E-state index contributed by atoms with van der Waals surface area (Å²) in [5, 5.41) is 0. The molecule has 19 heavy (non-hydrogen) atoms. The summed E-state index contributed by atoms with van der Waals surface area (Å²) in [6.45, 7) is 7.71. The van der Waals surface area contributed by atoms with Gasteiger partial charge in [0.2, 0.25) is 10.0 Å². The Morgan fingerprint density at radius 1 is 1.32 bits per heavy atom. The number of anilines is 1. The molecular formula is C13H21FN2O2S. The van der Waals surface area contributed by atoms with E-state index in [1.165, 1.54) is 13.0 Å². The maximum atomic E-state index is 13.9. The Morgan fingerprint density at radius 2 is 1.89 bits per heavy atom. The van der Waals surface area contributed by atoms with Gasteiger partial charge in [-0.25, -0.2) is 17.5 Å². The van der Waals surface area contributed by atoms with Crippen LogP contribution in [0.3, 0.4) is 0 Å². The van der Waals surface area contributed by atoms with Crippen LogP contribution in [0.1, 0.15) is 26.3 Å². The minimum absolute atomic E-state index is 0.167. The molecule has 0 aromatic heterocycles. The fraction of sp³-hybridized carbons (Fsp3) is 0.538. The van der Waals surface area contributed by atoms with Crippen molar-refractivity contribution in [3.8, 4) is 0 Å². The lowest BCUT2D eigenvalue weighted by Crippen LogP contribution is -2.31. The largest absolute Gasteiger partial charge is 0.399 e. The van der Waals surface area contributed by atoms with Crippen LogP contribution >= 0.6 is 0 Å². The van der Waals surface area contributed by atoms with E-state index in [0.29, 0.717) is 5.92 Å². The molecule has 3 N–H and O–H groups in total. The average Bonchev–Trinajstić information content (AvgIpc) is 2.30. The number of nitrogen functional groups attached to an aromatic ring is 1. The van der Waals surface area contributed by atoms with Gasteiger partial charge in [0.15, 0.2) is 0 Å². The van der Waals surface area contributed by atoms with Crippen molar-refractivity contribution in [3.05, 3.63) is 23.5 Å². The highest BCUT2D eigenvalue weighted by molar-refractivity contribution is 7.89. The number of rotatable bonds is 5. The molecule has 4 nitrogen and oxygen atoms in total. The second-order valence-corrected chi connectivity index (χ2v) is 6.96. The van der Waals surface area contributed by atoms with Gasteiger partial charge in [-0.2, -0.15) is 0 Å². The molecule has 1 unspecified atom stereocenters. The molecule has 0 radical (unpaired) electrons. The van der Waals surface area contributed by atoms with Crippen LogP contribution in [0.15, 0.2) is 17.0 Å². The Labute approximate surface area is 114 Å². The summed E-state index contributed by atoms with van der Waals surface area (Å²) < 4.78 is 40.5. The smallest absolute Gasteiger partial charge is 0.243 e. The summed E-state index contributed by atoms with van der Waals surface area (Å²) in [5.41, 5.74) is 6.02. The second-order valence-electron chi connectivity index (χ2n) is 5.22. The number of nitrogens with two attached hydrogens (primary N) is 1. The van der Waals surface area contributed by atoms with Crippen LogP contribution in [0.4, 0.5) is 10.1 Å². The van der Waals surface area contributed by atoms with E-state index in [1.807, 2.05) is 20.8 Å². The molecule has 1 aromatic rings. The predicted molar refractivity (Wildman–Crippen MR) is 74.7 cm³/mol. The van der Waals surface area contributed by atoms with E-state index in [4.69, 9.17) is 5.73 Å². The van der Waals surface area contributed by atoms with Gasteiger partial charge in [0, 0.05) is 12.2 Å². The lowest BCUT2D eigenvalue weighted by Gasteiger charge is -2.17. The third kappa shape index (κ3) is 3.91. The monoisotopic (exact) mass is 288 g/mol.